The first kappa shape index (κ1) is 17.0. The average Bonchev–Trinajstić information content (AvgIpc) is 2.34. The molecular formula is C10H17N3O6. The lowest BCUT2D eigenvalue weighted by Crippen LogP contribution is -2.64. The van der Waals surface area contributed by atoms with E-state index in [2.05, 4.69) is 16.4 Å². The predicted molar refractivity (Wildman–Crippen MR) is 62.8 cm³/mol. The average molecular weight is 275 g/mol. The molecule has 0 aromatic carbocycles. The van der Waals surface area contributed by atoms with Gasteiger partial charge < -0.3 is 16.2 Å². The van der Waals surface area contributed by atoms with E-state index in [9.17, 15) is 19.5 Å². The normalized spacial score (nSPS) is 13.4. The van der Waals surface area contributed by atoms with Crippen LogP contribution in [0, 0.1) is 0 Å². The lowest BCUT2D eigenvalue weighted by molar-refractivity contribution is -0.278. The van der Waals surface area contributed by atoms with Gasteiger partial charge in [0.1, 0.15) is 0 Å². The van der Waals surface area contributed by atoms with Gasteiger partial charge in [-0.15, -0.1) is 0 Å². The third-order valence-corrected chi connectivity index (χ3v) is 1.97. The Hall–Kier alpha value is -1.97. The Kier molecular flexibility index (Phi) is 6.12. The number of amides is 1. The van der Waals surface area contributed by atoms with Crippen LogP contribution in [0.5, 0.6) is 0 Å². The van der Waals surface area contributed by atoms with Crippen molar-refractivity contribution in [2.45, 2.75) is 12.8 Å². The minimum absolute atomic E-state index is 0.00723. The molecule has 0 heterocycles. The van der Waals surface area contributed by atoms with Crippen LogP contribution in [0.25, 0.3) is 0 Å². The monoisotopic (exact) mass is 275 g/mol. The van der Waals surface area contributed by atoms with Gasteiger partial charge in [0, 0.05) is 5.57 Å². The maximum atomic E-state index is 11.6. The van der Waals surface area contributed by atoms with Crippen molar-refractivity contribution in [3.8, 4) is 0 Å². The molecule has 0 aliphatic carbocycles. The van der Waals surface area contributed by atoms with E-state index in [4.69, 9.17) is 5.73 Å². The summed E-state index contributed by atoms with van der Waals surface area (Å²) in [7, 11) is 2.58. The number of aliphatic hydroxyl groups is 1. The quantitative estimate of drug-likeness (QED) is 0.224. The minimum Gasteiger partial charge on any atom is -0.349 e. The van der Waals surface area contributed by atoms with E-state index in [-0.39, 0.29) is 5.57 Å². The number of hydrogen-bond donors (Lipinski definition) is 3. The van der Waals surface area contributed by atoms with Gasteiger partial charge in [-0.05, 0) is 21.0 Å². The highest BCUT2D eigenvalue weighted by Gasteiger charge is 2.43. The molecule has 0 rings (SSSR count). The summed E-state index contributed by atoms with van der Waals surface area (Å²) in [5.41, 5.74) is 5.04. The van der Waals surface area contributed by atoms with Gasteiger partial charge in [0.2, 0.25) is 5.91 Å². The molecule has 0 radical (unpaired) electrons. The van der Waals surface area contributed by atoms with Crippen molar-refractivity contribution in [1.82, 2.24) is 10.2 Å². The number of nitrogens with two attached hydrogens (primary N) is 1. The summed E-state index contributed by atoms with van der Waals surface area (Å²) in [5.74, 6) is -5.71. The van der Waals surface area contributed by atoms with Gasteiger partial charge in [0.25, 0.3) is 0 Å². The Bertz CT molecular complexity index is 395. The summed E-state index contributed by atoms with van der Waals surface area (Å²) < 4.78 is 0. The van der Waals surface area contributed by atoms with Crippen LogP contribution in [0.15, 0.2) is 12.2 Å². The molecule has 9 nitrogen and oxygen atoms in total. The summed E-state index contributed by atoms with van der Waals surface area (Å²) in [4.78, 5) is 43.0. The van der Waals surface area contributed by atoms with Crippen molar-refractivity contribution < 1.29 is 29.3 Å². The van der Waals surface area contributed by atoms with E-state index in [1.165, 1.54) is 21.0 Å². The van der Waals surface area contributed by atoms with E-state index in [1.807, 2.05) is 5.32 Å². The second kappa shape index (κ2) is 6.83. The molecule has 0 aromatic heterocycles. The number of likely N-dealkylation sites (N-methyl/N-ethyl adjacent to an activating group) is 1. The molecule has 108 valence electrons. The molecule has 0 saturated carbocycles. The van der Waals surface area contributed by atoms with E-state index >= 15 is 0 Å². The van der Waals surface area contributed by atoms with Crippen molar-refractivity contribution in [3.05, 3.63) is 12.2 Å². The van der Waals surface area contributed by atoms with Gasteiger partial charge in [-0.2, -0.15) is 0 Å². The van der Waals surface area contributed by atoms with Gasteiger partial charge >= 0.3 is 17.8 Å². The van der Waals surface area contributed by atoms with Crippen LogP contribution in [0.2, 0.25) is 0 Å². The standard InChI is InChI=1S/C10H17N3O6/c1-6(2)8(15)18-19-9(16)10(17,13(3)4)12-7(14)5-11/h17H,1,5,11H2,2-4H3,(H,12,14). The Morgan fingerprint density at radius 2 is 1.89 bits per heavy atom. The first-order valence-corrected chi connectivity index (χ1v) is 5.14. The molecule has 0 aliphatic heterocycles. The number of rotatable bonds is 5. The smallest absolute Gasteiger partial charge is 0.349 e. The topological polar surface area (TPSA) is 131 Å². The van der Waals surface area contributed by atoms with Crippen LogP contribution in [0.1, 0.15) is 6.92 Å². The molecule has 0 saturated heterocycles. The summed E-state index contributed by atoms with van der Waals surface area (Å²) in [6.45, 7) is 4.16. The molecule has 19 heavy (non-hydrogen) atoms. The Morgan fingerprint density at radius 3 is 2.26 bits per heavy atom. The van der Waals surface area contributed by atoms with Gasteiger partial charge in [0.05, 0.1) is 6.54 Å². The van der Waals surface area contributed by atoms with Crippen LogP contribution in [-0.2, 0) is 24.2 Å². The van der Waals surface area contributed by atoms with Crippen LogP contribution in [0.4, 0.5) is 0 Å². The lowest BCUT2D eigenvalue weighted by Gasteiger charge is -2.31. The van der Waals surface area contributed by atoms with Crippen molar-refractivity contribution >= 4 is 17.8 Å². The molecule has 1 amide bonds. The van der Waals surface area contributed by atoms with Crippen molar-refractivity contribution in [1.29, 1.82) is 0 Å². The van der Waals surface area contributed by atoms with E-state index < -0.39 is 30.2 Å². The molecule has 4 N–H and O–H groups in total. The van der Waals surface area contributed by atoms with E-state index in [0.29, 0.717) is 0 Å². The van der Waals surface area contributed by atoms with Crippen molar-refractivity contribution in [2.75, 3.05) is 20.6 Å². The molecule has 0 aromatic rings. The number of hydrogen-bond acceptors (Lipinski definition) is 8. The highest BCUT2D eigenvalue weighted by Crippen LogP contribution is 2.08. The molecule has 1 unspecified atom stereocenters. The maximum Gasteiger partial charge on any atom is 0.423 e. The lowest BCUT2D eigenvalue weighted by atomic mass is 10.3. The number of nitrogens with one attached hydrogen (secondary N) is 1. The first-order chi connectivity index (χ1) is 8.65. The second-order valence-electron chi connectivity index (χ2n) is 3.84. The van der Waals surface area contributed by atoms with Gasteiger partial charge in [-0.25, -0.2) is 19.4 Å². The second-order valence-corrected chi connectivity index (χ2v) is 3.84. The third-order valence-electron chi connectivity index (χ3n) is 1.97. The molecule has 1 atom stereocenters. The van der Waals surface area contributed by atoms with E-state index in [1.54, 1.807) is 0 Å². The summed E-state index contributed by atoms with van der Waals surface area (Å²) in [5, 5.41) is 11.9. The maximum absolute atomic E-state index is 11.6. The highest BCUT2D eigenvalue weighted by atomic mass is 17.2. The zero-order valence-corrected chi connectivity index (χ0v) is 10.9. The van der Waals surface area contributed by atoms with Gasteiger partial charge in [-0.1, -0.05) is 6.58 Å². The fraction of sp³-hybridized carbons (Fsp3) is 0.500. The van der Waals surface area contributed by atoms with Crippen LogP contribution >= 0.6 is 0 Å². The molecular weight excluding hydrogens is 258 g/mol. The highest BCUT2D eigenvalue weighted by molar-refractivity contribution is 5.89. The fourth-order valence-corrected chi connectivity index (χ4v) is 0.796. The molecule has 0 aliphatic rings. The Labute approximate surface area is 109 Å². The summed E-state index contributed by atoms with van der Waals surface area (Å²) in [6, 6.07) is 0. The van der Waals surface area contributed by atoms with E-state index in [0.717, 1.165) is 4.90 Å². The fourth-order valence-electron chi connectivity index (χ4n) is 0.796. The van der Waals surface area contributed by atoms with Crippen LogP contribution in [0.3, 0.4) is 0 Å². The predicted octanol–water partition coefficient (Wildman–Crippen LogP) is -2.15. The number of carbonyl (C=O) groups excluding carboxylic acids is 3. The van der Waals surface area contributed by atoms with Gasteiger partial charge in [-0.3, -0.25) is 9.69 Å². The Morgan fingerprint density at radius 1 is 1.37 bits per heavy atom. The van der Waals surface area contributed by atoms with Crippen LogP contribution < -0.4 is 11.1 Å². The van der Waals surface area contributed by atoms with Crippen molar-refractivity contribution in [2.24, 2.45) is 5.73 Å². The third kappa shape index (κ3) is 4.66. The first-order valence-electron chi connectivity index (χ1n) is 5.14. The largest absolute Gasteiger partial charge is 0.423 e. The SMILES string of the molecule is C=C(C)C(=O)OOC(=O)C(O)(NC(=O)CN)N(C)C. The molecule has 9 heteroatoms. The minimum atomic E-state index is -2.51. The summed E-state index contributed by atoms with van der Waals surface area (Å²) in [6.07, 6.45) is 0. The van der Waals surface area contributed by atoms with Gasteiger partial charge in [0.15, 0.2) is 0 Å². The molecule has 0 spiro atoms. The Balaban J connectivity index is 4.80. The molecule has 0 bridgehead atoms. The number of carbonyl (C=O) groups is 3. The van der Waals surface area contributed by atoms with Crippen molar-refractivity contribution in [3.63, 3.8) is 0 Å². The number of nitrogens with zero attached hydrogens (tertiary/aromatic N) is 1. The zero-order valence-electron chi connectivity index (χ0n) is 10.9. The van der Waals surface area contributed by atoms with Crippen LogP contribution in [-0.4, -0.2) is 54.3 Å². The summed E-state index contributed by atoms with van der Waals surface area (Å²) >= 11 is 0. The molecule has 0 fully saturated rings. The zero-order chi connectivity index (χ0) is 15.2.